The van der Waals surface area contributed by atoms with Crippen molar-refractivity contribution in [2.45, 2.75) is 40.3 Å². The standard InChI is InChI=1S/C33H38N2O5/c1-5-34(6-2)19-20-35-30(25-13-16-27(17-14-25)39-7-3)29(32(37)33(35)38)31(36)26-15-18-28(23(4)21-26)40-22-24-11-9-8-10-12-24/h8-18,21,30,36H,5-7,19-20,22H2,1-4H3/b31-29+/t30-/m1/s1. The van der Waals surface area contributed by atoms with Crippen LogP contribution in [0.2, 0.25) is 0 Å². The van der Waals surface area contributed by atoms with Crippen LogP contribution in [0.4, 0.5) is 0 Å². The molecule has 210 valence electrons. The molecule has 0 radical (unpaired) electrons. The van der Waals surface area contributed by atoms with Gasteiger partial charge in [0.2, 0.25) is 0 Å². The summed E-state index contributed by atoms with van der Waals surface area (Å²) in [5.41, 5.74) is 3.15. The largest absolute Gasteiger partial charge is 0.507 e. The number of ether oxygens (including phenoxy) is 2. The minimum atomic E-state index is -0.708. The number of likely N-dealkylation sites (tertiary alicyclic amines) is 1. The van der Waals surface area contributed by atoms with Gasteiger partial charge in [0.05, 0.1) is 18.2 Å². The van der Waals surface area contributed by atoms with Gasteiger partial charge in [0.25, 0.3) is 11.7 Å². The van der Waals surface area contributed by atoms with E-state index in [1.807, 2.05) is 68.4 Å². The average Bonchev–Trinajstić information content (AvgIpc) is 3.23. The Morgan fingerprint density at radius 3 is 2.25 bits per heavy atom. The van der Waals surface area contributed by atoms with Crippen LogP contribution in [-0.2, 0) is 16.2 Å². The first-order valence-electron chi connectivity index (χ1n) is 13.9. The van der Waals surface area contributed by atoms with Crippen molar-refractivity contribution < 1.29 is 24.2 Å². The number of carbonyl (C=O) groups is 2. The number of hydrogen-bond acceptors (Lipinski definition) is 6. The first-order valence-corrected chi connectivity index (χ1v) is 13.9. The highest BCUT2D eigenvalue weighted by Crippen LogP contribution is 2.40. The molecule has 1 amide bonds. The number of benzene rings is 3. The normalized spacial score (nSPS) is 16.5. The molecule has 4 rings (SSSR count). The van der Waals surface area contributed by atoms with Crippen LogP contribution in [0.25, 0.3) is 5.76 Å². The van der Waals surface area contributed by atoms with E-state index < -0.39 is 17.7 Å². The molecule has 1 fully saturated rings. The summed E-state index contributed by atoms with van der Waals surface area (Å²) in [5, 5.41) is 11.5. The number of carbonyl (C=O) groups excluding carboxylic acids is 2. The number of nitrogens with zero attached hydrogens (tertiary/aromatic N) is 2. The summed E-state index contributed by atoms with van der Waals surface area (Å²) in [7, 11) is 0. The zero-order valence-corrected chi connectivity index (χ0v) is 23.7. The molecule has 0 aliphatic carbocycles. The lowest BCUT2D eigenvalue weighted by molar-refractivity contribution is -0.140. The van der Waals surface area contributed by atoms with Crippen molar-refractivity contribution in [1.29, 1.82) is 0 Å². The molecule has 1 heterocycles. The lowest BCUT2D eigenvalue weighted by Gasteiger charge is -2.28. The van der Waals surface area contributed by atoms with Crippen molar-refractivity contribution in [3.8, 4) is 11.5 Å². The highest BCUT2D eigenvalue weighted by Gasteiger charge is 2.46. The number of Topliss-reactive ketones (excluding diaryl/α,β-unsaturated/α-hetero) is 1. The maximum atomic E-state index is 13.4. The van der Waals surface area contributed by atoms with Gasteiger partial charge < -0.3 is 24.4 Å². The molecule has 40 heavy (non-hydrogen) atoms. The van der Waals surface area contributed by atoms with E-state index in [9.17, 15) is 14.7 Å². The van der Waals surface area contributed by atoms with E-state index in [2.05, 4.69) is 18.7 Å². The van der Waals surface area contributed by atoms with E-state index in [0.717, 1.165) is 29.8 Å². The molecule has 3 aromatic carbocycles. The van der Waals surface area contributed by atoms with E-state index in [0.29, 0.717) is 43.4 Å². The Hall–Kier alpha value is -4.10. The molecule has 0 spiro atoms. The fraction of sp³-hybridized carbons (Fsp3) is 0.333. The summed E-state index contributed by atoms with van der Waals surface area (Å²) in [5.74, 6) is -0.0957. The van der Waals surface area contributed by atoms with Crippen molar-refractivity contribution in [3.05, 3.63) is 101 Å². The highest BCUT2D eigenvalue weighted by molar-refractivity contribution is 6.46. The molecule has 7 nitrogen and oxygen atoms in total. The zero-order valence-electron chi connectivity index (χ0n) is 23.7. The van der Waals surface area contributed by atoms with Crippen molar-refractivity contribution in [3.63, 3.8) is 0 Å². The molecule has 1 aliphatic rings. The van der Waals surface area contributed by atoms with E-state index in [4.69, 9.17) is 9.47 Å². The molecular formula is C33H38N2O5. The minimum Gasteiger partial charge on any atom is -0.507 e. The molecule has 3 aromatic rings. The van der Waals surface area contributed by atoms with E-state index in [-0.39, 0.29) is 11.3 Å². The number of ketones is 1. The maximum Gasteiger partial charge on any atom is 0.295 e. The fourth-order valence-electron chi connectivity index (χ4n) is 5.01. The number of aliphatic hydroxyl groups is 1. The lowest BCUT2D eigenvalue weighted by atomic mass is 9.94. The molecule has 1 N–H and O–H groups in total. The van der Waals surface area contributed by atoms with Crippen LogP contribution < -0.4 is 9.47 Å². The van der Waals surface area contributed by atoms with Crippen LogP contribution in [0.5, 0.6) is 11.5 Å². The SMILES string of the molecule is CCOc1ccc([C@@H]2/C(=C(\O)c3ccc(OCc4ccccc4)c(C)c3)C(=O)C(=O)N2CCN(CC)CC)cc1. The second kappa shape index (κ2) is 13.3. The van der Waals surface area contributed by atoms with Crippen LogP contribution in [-0.4, -0.2) is 59.4 Å². The van der Waals surface area contributed by atoms with Gasteiger partial charge in [-0.25, -0.2) is 0 Å². The van der Waals surface area contributed by atoms with Crippen molar-refractivity contribution in [1.82, 2.24) is 9.80 Å². The molecule has 0 saturated carbocycles. The molecule has 0 unspecified atom stereocenters. The summed E-state index contributed by atoms with van der Waals surface area (Å²) in [6.07, 6.45) is 0. The van der Waals surface area contributed by atoms with Gasteiger partial charge >= 0.3 is 0 Å². The predicted molar refractivity (Wildman–Crippen MR) is 156 cm³/mol. The topological polar surface area (TPSA) is 79.3 Å². The number of rotatable bonds is 12. The third kappa shape index (κ3) is 6.37. The second-order valence-corrected chi connectivity index (χ2v) is 9.78. The van der Waals surface area contributed by atoms with Gasteiger partial charge in [-0.2, -0.15) is 0 Å². The maximum absolute atomic E-state index is 13.4. The Bertz CT molecular complexity index is 1350. The van der Waals surface area contributed by atoms with Gasteiger partial charge in [0.1, 0.15) is 23.9 Å². The quantitative estimate of drug-likeness (QED) is 0.179. The number of aliphatic hydroxyl groups excluding tert-OH is 1. The molecule has 0 bridgehead atoms. The first-order chi connectivity index (χ1) is 19.4. The Morgan fingerprint density at radius 1 is 0.925 bits per heavy atom. The van der Waals surface area contributed by atoms with Crippen LogP contribution in [0.3, 0.4) is 0 Å². The monoisotopic (exact) mass is 542 g/mol. The third-order valence-electron chi connectivity index (χ3n) is 7.28. The number of likely N-dealkylation sites (N-methyl/N-ethyl adjacent to an activating group) is 1. The summed E-state index contributed by atoms with van der Waals surface area (Å²) in [4.78, 5) is 30.5. The Kier molecular flexibility index (Phi) is 9.61. The lowest BCUT2D eigenvalue weighted by Crippen LogP contribution is -2.38. The molecule has 1 saturated heterocycles. The van der Waals surface area contributed by atoms with Gasteiger partial charge in [-0.15, -0.1) is 0 Å². The van der Waals surface area contributed by atoms with Gasteiger partial charge in [-0.05, 0) is 74.0 Å². The second-order valence-electron chi connectivity index (χ2n) is 9.78. The van der Waals surface area contributed by atoms with Crippen LogP contribution >= 0.6 is 0 Å². The van der Waals surface area contributed by atoms with E-state index >= 15 is 0 Å². The smallest absolute Gasteiger partial charge is 0.295 e. The number of aryl methyl sites for hydroxylation is 1. The Balaban J connectivity index is 1.69. The van der Waals surface area contributed by atoms with Crippen molar-refractivity contribution in [2.24, 2.45) is 0 Å². The minimum absolute atomic E-state index is 0.0889. The van der Waals surface area contributed by atoms with Gasteiger partial charge in [0, 0.05) is 18.7 Å². The predicted octanol–water partition coefficient (Wildman–Crippen LogP) is 5.74. The number of hydrogen-bond donors (Lipinski definition) is 1. The van der Waals surface area contributed by atoms with Gasteiger partial charge in [0.15, 0.2) is 0 Å². The summed E-state index contributed by atoms with van der Waals surface area (Å²) in [6, 6.07) is 21.8. The third-order valence-corrected chi connectivity index (χ3v) is 7.28. The average molecular weight is 543 g/mol. The Labute approximate surface area is 236 Å². The molecule has 0 aromatic heterocycles. The van der Waals surface area contributed by atoms with Crippen LogP contribution in [0.15, 0.2) is 78.4 Å². The molecule has 1 aliphatic heterocycles. The molecular weight excluding hydrogens is 504 g/mol. The Morgan fingerprint density at radius 2 is 1.62 bits per heavy atom. The van der Waals surface area contributed by atoms with E-state index in [1.165, 1.54) is 0 Å². The summed E-state index contributed by atoms with van der Waals surface area (Å²) in [6.45, 7) is 11.6. The zero-order chi connectivity index (χ0) is 28.6. The van der Waals surface area contributed by atoms with Gasteiger partial charge in [-0.3, -0.25) is 9.59 Å². The number of amides is 1. The van der Waals surface area contributed by atoms with Crippen LogP contribution in [0, 0.1) is 6.92 Å². The van der Waals surface area contributed by atoms with Crippen LogP contribution in [0.1, 0.15) is 49.1 Å². The molecule has 1 atom stereocenters. The molecule has 7 heteroatoms. The highest BCUT2D eigenvalue weighted by atomic mass is 16.5. The first kappa shape index (κ1) is 28.9. The fourth-order valence-corrected chi connectivity index (χ4v) is 5.01. The van der Waals surface area contributed by atoms with Crippen molar-refractivity contribution in [2.75, 3.05) is 32.8 Å². The van der Waals surface area contributed by atoms with Gasteiger partial charge in [-0.1, -0.05) is 56.3 Å². The summed E-state index contributed by atoms with van der Waals surface area (Å²) >= 11 is 0. The van der Waals surface area contributed by atoms with Crippen molar-refractivity contribution >= 4 is 17.4 Å². The summed E-state index contributed by atoms with van der Waals surface area (Å²) < 4.78 is 11.6. The van der Waals surface area contributed by atoms with E-state index in [1.54, 1.807) is 23.1 Å².